The van der Waals surface area contributed by atoms with Gasteiger partial charge in [0.15, 0.2) is 0 Å². The van der Waals surface area contributed by atoms with Crippen LogP contribution in [0.25, 0.3) is 0 Å². The Morgan fingerprint density at radius 1 is 1.53 bits per heavy atom. The molecule has 0 aromatic heterocycles. The normalized spacial score (nSPS) is 11.9. The molecular weight excluding hydrogens is 216 g/mol. The van der Waals surface area contributed by atoms with Gasteiger partial charge in [0.25, 0.3) is 0 Å². The van der Waals surface area contributed by atoms with Crippen molar-refractivity contribution in [3.05, 3.63) is 29.8 Å². The smallest absolute Gasteiger partial charge is 0.221 e. The van der Waals surface area contributed by atoms with Crippen molar-refractivity contribution in [1.82, 2.24) is 5.32 Å². The molecule has 94 valence electrons. The molecule has 1 aromatic rings. The molecule has 0 aliphatic rings. The summed E-state index contributed by atoms with van der Waals surface area (Å²) in [6.45, 7) is 2.44. The quantitative estimate of drug-likeness (QED) is 0.777. The van der Waals surface area contributed by atoms with Crippen molar-refractivity contribution in [3.63, 3.8) is 0 Å². The van der Waals surface area contributed by atoms with Gasteiger partial charge in [-0.1, -0.05) is 12.1 Å². The van der Waals surface area contributed by atoms with Crippen LogP contribution < -0.4 is 15.8 Å². The molecule has 0 heterocycles. The molecule has 0 radical (unpaired) electrons. The second kappa shape index (κ2) is 6.91. The second-order valence-corrected chi connectivity index (χ2v) is 4.13. The molecule has 0 fully saturated rings. The van der Waals surface area contributed by atoms with Gasteiger partial charge in [-0.2, -0.15) is 0 Å². The first-order chi connectivity index (χ1) is 8.11. The first-order valence-corrected chi connectivity index (χ1v) is 5.77. The van der Waals surface area contributed by atoms with E-state index in [1.807, 2.05) is 31.2 Å². The average molecular weight is 236 g/mol. The first-order valence-electron chi connectivity index (χ1n) is 5.77. The summed E-state index contributed by atoms with van der Waals surface area (Å²) >= 11 is 0. The van der Waals surface area contributed by atoms with E-state index < -0.39 is 0 Å². The van der Waals surface area contributed by atoms with Gasteiger partial charge in [0, 0.05) is 19.0 Å². The summed E-state index contributed by atoms with van der Waals surface area (Å²) in [6, 6.07) is 7.74. The van der Waals surface area contributed by atoms with Crippen LogP contribution in [0.15, 0.2) is 24.3 Å². The Balaban J connectivity index is 2.32. The highest BCUT2D eigenvalue weighted by Crippen LogP contribution is 2.12. The van der Waals surface area contributed by atoms with Gasteiger partial charge in [-0.05, 0) is 31.0 Å². The van der Waals surface area contributed by atoms with Crippen LogP contribution in [0, 0.1) is 0 Å². The van der Waals surface area contributed by atoms with Crippen LogP contribution in [-0.4, -0.2) is 25.6 Å². The van der Waals surface area contributed by atoms with Gasteiger partial charge in [0.2, 0.25) is 5.91 Å². The second-order valence-electron chi connectivity index (χ2n) is 4.13. The predicted molar refractivity (Wildman–Crippen MR) is 68.0 cm³/mol. The number of nitrogens with two attached hydrogens (primary N) is 1. The number of hydrogen-bond donors (Lipinski definition) is 2. The lowest BCUT2D eigenvalue weighted by atomic mass is 10.1. The van der Waals surface area contributed by atoms with Crippen molar-refractivity contribution < 1.29 is 9.53 Å². The van der Waals surface area contributed by atoms with E-state index in [1.165, 1.54) is 0 Å². The Labute approximate surface area is 102 Å². The first kappa shape index (κ1) is 13.5. The zero-order chi connectivity index (χ0) is 12.7. The lowest BCUT2D eigenvalue weighted by Crippen LogP contribution is -2.31. The van der Waals surface area contributed by atoms with Gasteiger partial charge in [-0.25, -0.2) is 0 Å². The minimum Gasteiger partial charge on any atom is -0.497 e. The number of carbonyl (C=O) groups is 1. The van der Waals surface area contributed by atoms with Crippen molar-refractivity contribution in [2.75, 3.05) is 13.7 Å². The fourth-order valence-corrected chi connectivity index (χ4v) is 1.54. The molecule has 0 spiro atoms. The number of rotatable bonds is 6. The summed E-state index contributed by atoms with van der Waals surface area (Å²) in [5.74, 6) is 0.840. The van der Waals surface area contributed by atoms with Gasteiger partial charge in [-0.15, -0.1) is 0 Å². The van der Waals surface area contributed by atoms with Crippen molar-refractivity contribution >= 4 is 5.91 Å². The van der Waals surface area contributed by atoms with E-state index in [4.69, 9.17) is 10.5 Å². The Morgan fingerprint density at radius 2 is 2.29 bits per heavy atom. The Morgan fingerprint density at radius 3 is 2.94 bits per heavy atom. The number of benzene rings is 1. The Bertz CT molecular complexity index is 364. The molecule has 0 saturated heterocycles. The van der Waals surface area contributed by atoms with E-state index in [0.717, 1.165) is 17.7 Å². The summed E-state index contributed by atoms with van der Waals surface area (Å²) in [7, 11) is 1.64. The van der Waals surface area contributed by atoms with Gasteiger partial charge in [0.1, 0.15) is 5.75 Å². The zero-order valence-electron chi connectivity index (χ0n) is 10.4. The zero-order valence-corrected chi connectivity index (χ0v) is 10.4. The number of hydrogen-bond acceptors (Lipinski definition) is 3. The highest BCUT2D eigenvalue weighted by atomic mass is 16.5. The summed E-state index contributed by atoms with van der Waals surface area (Å²) in [6.07, 6.45) is 1.17. The molecule has 1 atom stereocenters. The van der Waals surface area contributed by atoms with E-state index in [1.54, 1.807) is 7.11 Å². The molecule has 1 amide bonds. The Kier molecular flexibility index (Phi) is 5.49. The molecule has 4 nitrogen and oxygen atoms in total. The third kappa shape index (κ3) is 5.36. The molecule has 0 aliphatic carbocycles. The van der Waals surface area contributed by atoms with E-state index in [-0.39, 0.29) is 11.9 Å². The molecule has 0 saturated carbocycles. The van der Waals surface area contributed by atoms with Crippen LogP contribution in [0.4, 0.5) is 0 Å². The van der Waals surface area contributed by atoms with Crippen molar-refractivity contribution in [3.8, 4) is 5.75 Å². The molecule has 0 aliphatic heterocycles. The highest BCUT2D eigenvalue weighted by molar-refractivity contribution is 5.76. The van der Waals surface area contributed by atoms with Crippen LogP contribution in [0.1, 0.15) is 18.9 Å². The minimum atomic E-state index is -0.0909. The summed E-state index contributed by atoms with van der Waals surface area (Å²) in [4.78, 5) is 11.4. The molecule has 1 aromatic carbocycles. The van der Waals surface area contributed by atoms with Crippen molar-refractivity contribution in [1.29, 1.82) is 0 Å². The van der Waals surface area contributed by atoms with Crippen molar-refractivity contribution in [2.45, 2.75) is 25.8 Å². The summed E-state index contributed by atoms with van der Waals surface area (Å²) in [5, 5.41) is 2.84. The molecule has 1 rings (SSSR count). The number of methoxy groups -OCH3 is 1. The summed E-state index contributed by atoms with van der Waals surface area (Å²) in [5.41, 5.74) is 6.68. The van der Waals surface area contributed by atoms with E-state index in [0.29, 0.717) is 13.0 Å². The SMILES string of the molecule is COc1cccc(CCNC(=O)CC(C)N)c1. The monoisotopic (exact) mass is 236 g/mol. The van der Waals surface area contributed by atoms with E-state index >= 15 is 0 Å². The maximum atomic E-state index is 11.4. The third-order valence-corrected chi connectivity index (χ3v) is 2.38. The Hall–Kier alpha value is -1.55. The summed E-state index contributed by atoms with van der Waals surface area (Å²) < 4.78 is 5.13. The van der Waals surface area contributed by atoms with Gasteiger partial charge in [-0.3, -0.25) is 4.79 Å². The predicted octanol–water partition coefficient (Wildman–Crippen LogP) is 1.09. The van der Waals surface area contributed by atoms with Gasteiger partial charge < -0.3 is 15.8 Å². The molecule has 1 unspecified atom stereocenters. The van der Waals surface area contributed by atoms with Crippen LogP contribution in [0.3, 0.4) is 0 Å². The number of nitrogens with one attached hydrogen (secondary N) is 1. The minimum absolute atomic E-state index is 0.00268. The van der Waals surface area contributed by atoms with Crippen molar-refractivity contribution in [2.24, 2.45) is 5.73 Å². The maximum absolute atomic E-state index is 11.4. The third-order valence-electron chi connectivity index (χ3n) is 2.38. The topological polar surface area (TPSA) is 64.3 Å². The van der Waals surface area contributed by atoms with Gasteiger partial charge >= 0.3 is 0 Å². The maximum Gasteiger partial charge on any atom is 0.221 e. The lowest BCUT2D eigenvalue weighted by Gasteiger charge is -2.08. The van der Waals surface area contributed by atoms with Crippen LogP contribution in [0.5, 0.6) is 5.75 Å². The molecular formula is C13H20N2O2. The fourth-order valence-electron chi connectivity index (χ4n) is 1.54. The van der Waals surface area contributed by atoms with Crippen LogP contribution >= 0.6 is 0 Å². The van der Waals surface area contributed by atoms with Crippen LogP contribution in [0.2, 0.25) is 0 Å². The fraction of sp³-hybridized carbons (Fsp3) is 0.462. The number of amides is 1. The molecule has 17 heavy (non-hydrogen) atoms. The van der Waals surface area contributed by atoms with E-state index in [2.05, 4.69) is 5.32 Å². The lowest BCUT2D eigenvalue weighted by molar-refractivity contribution is -0.121. The van der Waals surface area contributed by atoms with Gasteiger partial charge in [0.05, 0.1) is 7.11 Å². The highest BCUT2D eigenvalue weighted by Gasteiger charge is 2.04. The number of ether oxygens (including phenoxy) is 1. The molecule has 0 bridgehead atoms. The standard InChI is InChI=1S/C13H20N2O2/c1-10(14)8-13(16)15-7-6-11-4-3-5-12(9-11)17-2/h3-5,9-10H,6-8,14H2,1-2H3,(H,15,16). The molecule has 4 heteroatoms. The average Bonchev–Trinajstić information content (AvgIpc) is 2.28. The molecule has 3 N–H and O–H groups in total. The van der Waals surface area contributed by atoms with Crippen LogP contribution in [-0.2, 0) is 11.2 Å². The largest absolute Gasteiger partial charge is 0.497 e. The number of carbonyl (C=O) groups excluding carboxylic acids is 1. The van der Waals surface area contributed by atoms with E-state index in [9.17, 15) is 4.79 Å².